The second kappa shape index (κ2) is 6.01. The molecular formula is C17H19FN2O2. The van der Waals surface area contributed by atoms with Crippen molar-refractivity contribution >= 4 is 16.8 Å². The maximum Gasteiger partial charge on any atom is 0.256 e. The van der Waals surface area contributed by atoms with Gasteiger partial charge < -0.3 is 10.0 Å². The number of pyridine rings is 1. The molecule has 1 aromatic heterocycles. The van der Waals surface area contributed by atoms with Crippen molar-refractivity contribution < 1.29 is 14.3 Å². The fourth-order valence-corrected chi connectivity index (χ4v) is 3.22. The van der Waals surface area contributed by atoms with E-state index < -0.39 is 11.9 Å². The largest absolute Gasteiger partial charge is 0.393 e. The Labute approximate surface area is 128 Å². The van der Waals surface area contributed by atoms with Gasteiger partial charge in [-0.2, -0.15) is 0 Å². The second-order valence-electron chi connectivity index (χ2n) is 5.91. The van der Waals surface area contributed by atoms with Gasteiger partial charge in [0.25, 0.3) is 5.91 Å². The van der Waals surface area contributed by atoms with Crippen LogP contribution in [0.5, 0.6) is 0 Å². The molecule has 2 atom stereocenters. The van der Waals surface area contributed by atoms with E-state index >= 15 is 0 Å². The molecule has 1 aliphatic rings. The van der Waals surface area contributed by atoms with Crippen LogP contribution in [-0.4, -0.2) is 39.6 Å². The summed E-state index contributed by atoms with van der Waals surface area (Å²) in [6.45, 7) is 2.36. The smallest absolute Gasteiger partial charge is 0.256 e. The number of carbonyl (C=O) groups excluding carboxylic acids is 1. The predicted molar refractivity (Wildman–Crippen MR) is 82.1 cm³/mol. The maximum atomic E-state index is 13.8. The van der Waals surface area contributed by atoms with Gasteiger partial charge in [-0.05, 0) is 44.4 Å². The van der Waals surface area contributed by atoms with Gasteiger partial charge in [0.05, 0.1) is 17.2 Å². The van der Waals surface area contributed by atoms with E-state index in [4.69, 9.17) is 0 Å². The van der Waals surface area contributed by atoms with Crippen molar-refractivity contribution in [2.75, 3.05) is 6.54 Å². The molecule has 1 aromatic carbocycles. The van der Waals surface area contributed by atoms with Gasteiger partial charge in [0, 0.05) is 24.2 Å². The molecule has 1 saturated heterocycles. The third-order valence-corrected chi connectivity index (χ3v) is 4.15. The molecule has 116 valence electrons. The van der Waals surface area contributed by atoms with Crippen LogP contribution in [-0.2, 0) is 0 Å². The van der Waals surface area contributed by atoms with Crippen LogP contribution in [0.2, 0.25) is 0 Å². The Kier molecular flexibility index (Phi) is 4.07. The Hall–Kier alpha value is -2.01. The summed E-state index contributed by atoms with van der Waals surface area (Å²) in [4.78, 5) is 18.8. The monoisotopic (exact) mass is 302 g/mol. The zero-order valence-corrected chi connectivity index (χ0v) is 12.5. The molecule has 1 N–H and O–H groups in total. The molecule has 0 radical (unpaired) electrons. The Morgan fingerprint density at radius 3 is 3.14 bits per heavy atom. The van der Waals surface area contributed by atoms with Crippen LogP contribution < -0.4 is 0 Å². The number of aliphatic hydroxyl groups excluding tert-OH is 1. The molecule has 5 heteroatoms. The number of hydrogen-bond donors (Lipinski definition) is 1. The first-order valence-corrected chi connectivity index (χ1v) is 7.59. The third-order valence-electron chi connectivity index (χ3n) is 4.15. The standard InChI is InChI=1S/C17H19FN2O2/c1-11(21)8-14-5-3-7-20(14)17(22)15-10-13(18)9-12-4-2-6-19-16(12)15/h2,4,6,9-11,14,21H,3,5,7-8H2,1H3. The third kappa shape index (κ3) is 2.81. The zero-order chi connectivity index (χ0) is 15.7. The summed E-state index contributed by atoms with van der Waals surface area (Å²) >= 11 is 0. The molecule has 1 amide bonds. The van der Waals surface area contributed by atoms with E-state index in [1.807, 2.05) is 0 Å². The molecule has 4 nitrogen and oxygen atoms in total. The van der Waals surface area contributed by atoms with Crippen LogP contribution in [0.3, 0.4) is 0 Å². The molecule has 0 aliphatic carbocycles. The molecule has 22 heavy (non-hydrogen) atoms. The van der Waals surface area contributed by atoms with E-state index in [9.17, 15) is 14.3 Å². The molecular weight excluding hydrogens is 283 g/mol. The van der Waals surface area contributed by atoms with Gasteiger partial charge >= 0.3 is 0 Å². The first-order chi connectivity index (χ1) is 10.6. The number of benzene rings is 1. The second-order valence-corrected chi connectivity index (χ2v) is 5.91. The van der Waals surface area contributed by atoms with Crippen LogP contribution in [0.15, 0.2) is 30.5 Å². The molecule has 1 fully saturated rings. The van der Waals surface area contributed by atoms with Gasteiger partial charge in [0.2, 0.25) is 0 Å². The highest BCUT2D eigenvalue weighted by Gasteiger charge is 2.31. The fraction of sp³-hybridized carbons (Fsp3) is 0.412. The minimum absolute atomic E-state index is 0.00882. The summed E-state index contributed by atoms with van der Waals surface area (Å²) in [5, 5.41) is 10.2. The van der Waals surface area contributed by atoms with Crippen LogP contribution in [0.4, 0.5) is 4.39 Å². The normalized spacial score (nSPS) is 19.6. The number of fused-ring (bicyclic) bond motifs is 1. The number of amides is 1. The number of nitrogens with zero attached hydrogens (tertiary/aromatic N) is 2. The fourth-order valence-electron chi connectivity index (χ4n) is 3.22. The Morgan fingerprint density at radius 1 is 1.55 bits per heavy atom. The Balaban J connectivity index is 1.98. The van der Waals surface area contributed by atoms with E-state index in [-0.39, 0.29) is 11.9 Å². The number of halogens is 1. The quantitative estimate of drug-likeness (QED) is 0.948. The highest BCUT2D eigenvalue weighted by atomic mass is 19.1. The summed E-state index contributed by atoms with van der Waals surface area (Å²) < 4.78 is 13.8. The predicted octanol–water partition coefficient (Wildman–Crippen LogP) is 2.75. The lowest BCUT2D eigenvalue weighted by Gasteiger charge is -2.26. The minimum Gasteiger partial charge on any atom is -0.393 e. The van der Waals surface area contributed by atoms with Gasteiger partial charge in [-0.3, -0.25) is 9.78 Å². The van der Waals surface area contributed by atoms with E-state index in [0.29, 0.717) is 29.4 Å². The van der Waals surface area contributed by atoms with E-state index in [1.165, 1.54) is 12.1 Å². The molecule has 3 rings (SSSR count). The number of hydrogen-bond acceptors (Lipinski definition) is 3. The van der Waals surface area contributed by atoms with Crippen molar-refractivity contribution in [3.63, 3.8) is 0 Å². The van der Waals surface area contributed by atoms with Crippen molar-refractivity contribution in [1.29, 1.82) is 0 Å². The van der Waals surface area contributed by atoms with Crippen LogP contribution >= 0.6 is 0 Å². The summed E-state index contributed by atoms with van der Waals surface area (Å²) in [6.07, 6.45) is 3.47. The molecule has 0 spiro atoms. The Morgan fingerprint density at radius 2 is 2.36 bits per heavy atom. The van der Waals surface area contributed by atoms with Crippen molar-refractivity contribution in [3.8, 4) is 0 Å². The van der Waals surface area contributed by atoms with Crippen LogP contribution in [0.25, 0.3) is 10.9 Å². The van der Waals surface area contributed by atoms with E-state index in [2.05, 4.69) is 4.98 Å². The molecule has 0 saturated carbocycles. The molecule has 0 bridgehead atoms. The maximum absolute atomic E-state index is 13.8. The highest BCUT2D eigenvalue weighted by molar-refractivity contribution is 6.05. The molecule has 2 aromatic rings. The van der Waals surface area contributed by atoms with Crippen molar-refractivity contribution in [2.24, 2.45) is 0 Å². The van der Waals surface area contributed by atoms with Crippen LogP contribution in [0, 0.1) is 5.82 Å². The van der Waals surface area contributed by atoms with Gasteiger partial charge in [0.1, 0.15) is 5.82 Å². The van der Waals surface area contributed by atoms with E-state index in [0.717, 1.165) is 12.8 Å². The average molecular weight is 302 g/mol. The SMILES string of the molecule is CC(O)CC1CCCN1C(=O)c1cc(F)cc2cccnc12. The number of aliphatic hydroxyl groups is 1. The first-order valence-electron chi connectivity index (χ1n) is 7.59. The van der Waals surface area contributed by atoms with Gasteiger partial charge in [-0.15, -0.1) is 0 Å². The van der Waals surface area contributed by atoms with E-state index in [1.54, 1.807) is 30.2 Å². The molecule has 1 aliphatic heterocycles. The highest BCUT2D eigenvalue weighted by Crippen LogP contribution is 2.26. The van der Waals surface area contributed by atoms with Crippen molar-refractivity contribution in [3.05, 3.63) is 41.8 Å². The number of rotatable bonds is 3. The Bertz CT molecular complexity index is 702. The summed E-state index contributed by atoms with van der Waals surface area (Å²) in [6, 6.07) is 6.13. The van der Waals surface area contributed by atoms with Gasteiger partial charge in [-0.25, -0.2) is 4.39 Å². The number of carbonyl (C=O) groups is 1. The topological polar surface area (TPSA) is 53.4 Å². The summed E-state index contributed by atoms with van der Waals surface area (Å²) in [5.74, 6) is -0.638. The lowest BCUT2D eigenvalue weighted by atomic mass is 10.1. The lowest BCUT2D eigenvalue weighted by molar-refractivity contribution is 0.0683. The minimum atomic E-state index is -0.458. The number of likely N-dealkylation sites (tertiary alicyclic amines) is 1. The first kappa shape index (κ1) is 14.9. The van der Waals surface area contributed by atoms with Crippen molar-refractivity contribution in [2.45, 2.75) is 38.3 Å². The van der Waals surface area contributed by atoms with Crippen molar-refractivity contribution in [1.82, 2.24) is 9.88 Å². The van der Waals surface area contributed by atoms with Gasteiger partial charge in [-0.1, -0.05) is 6.07 Å². The van der Waals surface area contributed by atoms with Gasteiger partial charge in [0.15, 0.2) is 0 Å². The van der Waals surface area contributed by atoms with Crippen LogP contribution in [0.1, 0.15) is 36.5 Å². The summed E-state index contributed by atoms with van der Waals surface area (Å²) in [7, 11) is 0. The zero-order valence-electron chi connectivity index (χ0n) is 12.5. The number of aromatic nitrogens is 1. The average Bonchev–Trinajstić information content (AvgIpc) is 2.92. The summed E-state index contributed by atoms with van der Waals surface area (Å²) in [5.41, 5.74) is 0.824. The molecule has 2 heterocycles. The molecule has 2 unspecified atom stereocenters. The lowest BCUT2D eigenvalue weighted by Crippen LogP contribution is -2.37.